The molecule has 2 unspecified atom stereocenters. The molecule has 318 valence electrons. The summed E-state index contributed by atoms with van der Waals surface area (Å²) in [5.74, 6) is -1.73. The minimum Gasteiger partial charge on any atom is -0.386 e. The van der Waals surface area contributed by atoms with Gasteiger partial charge in [-0.15, -0.1) is 0 Å². The summed E-state index contributed by atoms with van der Waals surface area (Å²) in [4.78, 5) is 87.0. The van der Waals surface area contributed by atoms with Crippen LogP contribution in [0.1, 0.15) is 33.4 Å². The van der Waals surface area contributed by atoms with Gasteiger partial charge < -0.3 is 50.9 Å². The van der Waals surface area contributed by atoms with E-state index in [0.717, 1.165) is 24.1 Å². The Balaban J connectivity index is 1.50. The Hall–Kier alpha value is -2.53. The highest BCUT2D eigenvalue weighted by Gasteiger charge is 2.50. The lowest BCUT2D eigenvalue weighted by Gasteiger charge is -2.30. The Kier molecular flexibility index (Phi) is 16.3. The van der Waals surface area contributed by atoms with E-state index in [1.807, 2.05) is 0 Å². The monoisotopic (exact) mass is 903 g/mol. The normalized spacial score (nSPS) is 22.5. The summed E-state index contributed by atoms with van der Waals surface area (Å²) in [5.41, 5.74) is 4.15. The van der Waals surface area contributed by atoms with Gasteiger partial charge in [0.1, 0.15) is 36.3 Å². The van der Waals surface area contributed by atoms with Crippen LogP contribution in [0.4, 0.5) is 5.82 Å². The number of rotatable bonds is 21. The molecule has 1 saturated heterocycles. The molecule has 0 bridgehead atoms. The van der Waals surface area contributed by atoms with Crippen molar-refractivity contribution >= 4 is 79.3 Å². The van der Waals surface area contributed by atoms with Crippen molar-refractivity contribution in [3.05, 3.63) is 12.7 Å². The third-order valence-electron chi connectivity index (χ3n) is 7.52. The number of nitrogens with two attached hydrogens (primary N) is 1. The zero-order chi connectivity index (χ0) is 42.4. The largest absolute Gasteiger partial charge is 0.481 e. The first-order valence-corrected chi connectivity index (χ1v) is 22.7. The summed E-state index contributed by atoms with van der Waals surface area (Å²) in [6, 6.07) is 0. The maximum atomic E-state index is 12.6. The zero-order valence-corrected chi connectivity index (χ0v) is 33.6. The topological polar surface area (TPSA) is 418 Å². The lowest BCUT2D eigenvalue weighted by Crippen LogP contribution is -2.46. The van der Waals surface area contributed by atoms with E-state index in [4.69, 9.17) is 24.1 Å². The van der Waals surface area contributed by atoms with Gasteiger partial charge in [-0.25, -0.2) is 28.6 Å². The van der Waals surface area contributed by atoms with Gasteiger partial charge in [-0.05, 0) is 6.92 Å². The lowest BCUT2D eigenvalue weighted by molar-refractivity contribution is -0.137. The fraction of sp³-hybridized carbons (Fsp3) is 0.667. The van der Waals surface area contributed by atoms with E-state index < -0.39 is 105 Å². The van der Waals surface area contributed by atoms with Crippen LogP contribution in [0.5, 0.6) is 0 Å². The van der Waals surface area contributed by atoms with Gasteiger partial charge in [0.2, 0.25) is 16.9 Å². The van der Waals surface area contributed by atoms with E-state index in [9.17, 15) is 66.3 Å². The van der Waals surface area contributed by atoms with Crippen LogP contribution in [-0.2, 0) is 60.8 Å². The second-order valence-corrected chi connectivity index (χ2v) is 19.5. The molecule has 2 aromatic heterocycles. The molecule has 11 N–H and O–H groups in total. The fourth-order valence-electron chi connectivity index (χ4n) is 4.52. The number of nitrogens with one attached hydrogen (secondary N) is 2. The number of amides is 2. The Morgan fingerprint density at radius 3 is 2.34 bits per heavy atom. The highest BCUT2D eigenvalue weighted by Crippen LogP contribution is 2.61. The smallest absolute Gasteiger partial charge is 0.386 e. The maximum Gasteiger partial charge on any atom is 0.481 e. The molecule has 0 aromatic carbocycles. The van der Waals surface area contributed by atoms with Crippen molar-refractivity contribution in [3.8, 4) is 0 Å². The number of fused-ring (bicyclic) bond motifs is 1. The SMILES string of the molecule is C[C@H](C(=O)SCCNC(=O)CCNC(=O)[C@H](O)C(C)(C)COP(=O)(O)OP(=O)(O)OC[C@H]1O[C@@H](n2cnc3c(N)ncnc32)[C@H](O)[C@@H]1OP(=O)(O)O)S(=O)(=O)O. The molecule has 27 nitrogen and oxygen atoms in total. The molecule has 1 fully saturated rings. The van der Waals surface area contributed by atoms with E-state index in [-0.39, 0.29) is 42.2 Å². The predicted octanol–water partition coefficient (Wildman–Crippen LogP) is -2.06. The first-order chi connectivity index (χ1) is 25.6. The number of hydrogen-bond acceptors (Lipinski definition) is 20. The molecule has 56 heavy (non-hydrogen) atoms. The third kappa shape index (κ3) is 13.8. The highest BCUT2D eigenvalue weighted by atomic mass is 32.2. The molecule has 3 heterocycles. The van der Waals surface area contributed by atoms with Crippen LogP contribution >= 0.6 is 35.2 Å². The predicted molar refractivity (Wildman–Crippen MR) is 188 cm³/mol. The number of anilines is 1. The third-order valence-corrected chi connectivity index (χ3v) is 12.9. The Labute approximate surface area is 321 Å². The number of carbonyl (C=O) groups excluding carboxylic acids is 3. The average Bonchev–Trinajstić information content (AvgIpc) is 3.63. The van der Waals surface area contributed by atoms with E-state index in [0.29, 0.717) is 11.8 Å². The quantitative estimate of drug-likeness (QED) is 0.0366. The number of imidazole rings is 1. The highest BCUT2D eigenvalue weighted by molar-refractivity contribution is 8.15. The Morgan fingerprint density at radius 2 is 1.71 bits per heavy atom. The average molecular weight is 904 g/mol. The molecule has 1 aliphatic rings. The van der Waals surface area contributed by atoms with Crippen LogP contribution in [-0.4, -0.2) is 141 Å². The number of thioether (sulfide) groups is 1. The van der Waals surface area contributed by atoms with Gasteiger partial charge in [0.15, 0.2) is 22.9 Å². The molecular weight excluding hydrogens is 863 g/mol. The Morgan fingerprint density at radius 1 is 1.07 bits per heavy atom. The minimum absolute atomic E-state index is 0.0121. The van der Waals surface area contributed by atoms with Crippen molar-refractivity contribution in [3.63, 3.8) is 0 Å². The second-order valence-electron chi connectivity index (χ2n) is 12.4. The number of aromatic nitrogens is 4. The second kappa shape index (κ2) is 19.0. The summed E-state index contributed by atoms with van der Waals surface area (Å²) in [7, 11) is -21.0. The molecular formula is C24H40N7O20P3S2. The number of phosphoric ester groups is 3. The first-order valence-electron chi connectivity index (χ1n) is 15.7. The molecule has 0 saturated carbocycles. The first kappa shape index (κ1) is 47.8. The van der Waals surface area contributed by atoms with Crippen molar-refractivity contribution in [2.24, 2.45) is 5.41 Å². The van der Waals surface area contributed by atoms with E-state index in [2.05, 4.69) is 34.4 Å². The van der Waals surface area contributed by atoms with Crippen molar-refractivity contribution in [2.75, 3.05) is 37.8 Å². The van der Waals surface area contributed by atoms with Crippen LogP contribution in [0.15, 0.2) is 12.7 Å². The van der Waals surface area contributed by atoms with E-state index in [1.165, 1.54) is 13.8 Å². The molecule has 0 radical (unpaired) electrons. The number of ether oxygens (including phenoxy) is 1. The molecule has 2 amide bonds. The molecule has 8 atom stereocenters. The van der Waals surface area contributed by atoms with Crippen molar-refractivity contribution in [2.45, 2.75) is 63.1 Å². The van der Waals surface area contributed by atoms with Gasteiger partial charge in [0, 0.05) is 30.7 Å². The number of phosphoric acid groups is 3. The van der Waals surface area contributed by atoms with Gasteiger partial charge in [-0.1, -0.05) is 25.6 Å². The van der Waals surface area contributed by atoms with Gasteiger partial charge >= 0.3 is 23.5 Å². The number of carbonyl (C=O) groups is 3. The standard InChI is InChI=1S/C24H40N7O20P3S2/c1-12(56(44,45)46)23(36)55-7-6-26-14(32)4-5-27-21(35)18(34)24(2,3)9-48-54(42,43)51-53(40,41)47-8-13-17(50-52(37,38)39)16(33)22(49-13)31-11-30-15-19(25)28-10-29-20(15)31/h10-13,16-18,22,33-34H,4-9H2,1-3H3,(H,26,32)(H,27,35)(H,40,41)(H,42,43)(H2,25,28,29)(H2,37,38,39)(H,44,45,46)/t12-,13-,16-,17-,18+,22-/m1/s1. The Bertz CT molecular complexity index is 2000. The molecule has 0 spiro atoms. The number of aliphatic hydroxyl groups excluding tert-OH is 2. The summed E-state index contributed by atoms with van der Waals surface area (Å²) in [5, 5.41) is 23.5. The lowest BCUT2D eigenvalue weighted by atomic mass is 9.87. The van der Waals surface area contributed by atoms with Gasteiger partial charge in [-0.3, -0.25) is 37.1 Å². The molecule has 1 aliphatic heterocycles. The van der Waals surface area contributed by atoms with Gasteiger partial charge in [0.25, 0.3) is 10.1 Å². The maximum absolute atomic E-state index is 12.6. The van der Waals surface area contributed by atoms with Gasteiger partial charge in [-0.2, -0.15) is 12.7 Å². The van der Waals surface area contributed by atoms with Crippen LogP contribution in [0, 0.1) is 5.41 Å². The van der Waals surface area contributed by atoms with Crippen LogP contribution in [0.2, 0.25) is 0 Å². The summed E-state index contributed by atoms with van der Waals surface area (Å²) >= 11 is 0.566. The molecule has 32 heteroatoms. The van der Waals surface area contributed by atoms with Crippen LogP contribution in [0.25, 0.3) is 11.2 Å². The van der Waals surface area contributed by atoms with Crippen molar-refractivity contribution in [1.29, 1.82) is 0 Å². The molecule has 2 aromatic rings. The van der Waals surface area contributed by atoms with Crippen molar-refractivity contribution < 1.29 is 93.5 Å². The van der Waals surface area contributed by atoms with E-state index in [1.54, 1.807) is 0 Å². The summed E-state index contributed by atoms with van der Waals surface area (Å²) in [6.07, 6.45) is -7.24. The zero-order valence-electron chi connectivity index (χ0n) is 29.3. The number of nitrogens with zero attached hydrogens (tertiary/aromatic N) is 4. The number of aliphatic hydroxyl groups is 2. The fourth-order valence-corrected chi connectivity index (χ4v) is 8.80. The summed E-state index contributed by atoms with van der Waals surface area (Å²) in [6.45, 7) is 0.930. The van der Waals surface area contributed by atoms with Crippen LogP contribution < -0.4 is 16.4 Å². The van der Waals surface area contributed by atoms with Crippen molar-refractivity contribution in [1.82, 2.24) is 30.2 Å². The molecule has 0 aliphatic carbocycles. The molecule has 3 rings (SSSR count). The number of hydrogen-bond donors (Lipinski definition) is 10. The minimum atomic E-state index is -5.60. The summed E-state index contributed by atoms with van der Waals surface area (Å²) < 4.78 is 92.7. The van der Waals surface area contributed by atoms with Crippen LogP contribution in [0.3, 0.4) is 0 Å². The number of nitrogen functional groups attached to an aromatic ring is 1. The van der Waals surface area contributed by atoms with Gasteiger partial charge in [0.05, 0.1) is 19.5 Å². The van der Waals surface area contributed by atoms with E-state index >= 15 is 0 Å².